The molecule has 1 aliphatic rings. The minimum atomic E-state index is -2.47. The highest BCUT2D eigenvalue weighted by Gasteiger charge is 2.48. The Hall–Kier alpha value is -5.38. The summed E-state index contributed by atoms with van der Waals surface area (Å²) in [5, 5.41) is 22.6. The number of phenols is 1. The van der Waals surface area contributed by atoms with Crippen molar-refractivity contribution >= 4 is 45.6 Å². The Morgan fingerprint density at radius 1 is 0.702 bits per heavy atom. The van der Waals surface area contributed by atoms with Gasteiger partial charge in [-0.25, -0.2) is 23.6 Å². The van der Waals surface area contributed by atoms with Gasteiger partial charge in [0.15, 0.2) is 29.9 Å². The maximum absolute atomic E-state index is 16.4. The van der Waals surface area contributed by atoms with E-state index in [-0.39, 0.29) is 79.5 Å². The number of benzene rings is 3. The van der Waals surface area contributed by atoms with Crippen LogP contribution in [0.15, 0.2) is 28.0 Å². The van der Waals surface area contributed by atoms with E-state index in [4.69, 9.17) is 28.4 Å². The maximum atomic E-state index is 16.4. The summed E-state index contributed by atoms with van der Waals surface area (Å²) in [5.41, 5.74) is -0.139. The molecule has 57 heavy (non-hydrogen) atoms. The van der Waals surface area contributed by atoms with Gasteiger partial charge >= 0.3 is 23.9 Å². The number of carbonyl (C=O) groups is 5. The second-order valence-electron chi connectivity index (χ2n) is 13.6. The van der Waals surface area contributed by atoms with Crippen molar-refractivity contribution in [1.82, 2.24) is 0 Å². The first-order valence-electron chi connectivity index (χ1n) is 17.6. The normalized spacial score (nSPS) is 15.1. The fourth-order valence-corrected chi connectivity index (χ4v) is 7.35. The molecule has 0 saturated heterocycles. The molecule has 4 rings (SSSR count). The summed E-state index contributed by atoms with van der Waals surface area (Å²) in [6.07, 6.45) is 2.10. The van der Waals surface area contributed by atoms with Crippen molar-refractivity contribution in [3.63, 3.8) is 0 Å². The molecule has 2 N–H and O–H groups in total. The summed E-state index contributed by atoms with van der Waals surface area (Å²) >= 11 is 3.17. The molecule has 15 heteroatoms. The standard InChI is InChI=1S/C42H44BrFO13/c1-13-27-24(9)30(39(48)55-35-21(6)18(3)29(19(4)22(35)7)38(47)54-16-52-11)25(10)33(44)37(27)56-40(49)31-20(5)23(8)36(32(43)34(31)46)57-41(50)42(51)17(2)14-26(45)15-28(42)53-12/h14-15,46,51H,13,16H2,1-12H3/t42-/m1/s1. The molecule has 0 unspecified atom stereocenters. The average Bonchev–Trinajstić information content (AvgIpc) is 3.16. The van der Waals surface area contributed by atoms with Crippen molar-refractivity contribution < 1.29 is 67.0 Å². The Bertz CT molecular complexity index is 2260. The molecular weight excluding hydrogens is 811 g/mol. The van der Waals surface area contributed by atoms with Crippen molar-refractivity contribution in [1.29, 1.82) is 0 Å². The molecule has 0 amide bonds. The molecule has 0 fully saturated rings. The third-order valence-electron chi connectivity index (χ3n) is 10.4. The van der Waals surface area contributed by atoms with Gasteiger partial charge in [0.25, 0.3) is 0 Å². The third kappa shape index (κ3) is 7.71. The second kappa shape index (κ2) is 17.0. The van der Waals surface area contributed by atoms with Gasteiger partial charge in [0.1, 0.15) is 27.3 Å². The number of hydrogen-bond donors (Lipinski definition) is 2. The van der Waals surface area contributed by atoms with E-state index in [1.165, 1.54) is 41.9 Å². The molecule has 0 spiro atoms. The topological polar surface area (TPSA) is 181 Å². The highest BCUT2D eigenvalue weighted by Crippen LogP contribution is 2.45. The van der Waals surface area contributed by atoms with E-state index in [9.17, 15) is 34.2 Å². The number of phenolic OH excluding ortho intramolecular Hbond substituents is 1. The fourth-order valence-electron chi connectivity index (χ4n) is 6.77. The number of allylic oxidation sites excluding steroid dienone is 2. The second-order valence-corrected chi connectivity index (χ2v) is 14.4. The number of ether oxygens (including phenoxy) is 6. The molecule has 13 nitrogen and oxygen atoms in total. The van der Waals surface area contributed by atoms with Gasteiger partial charge in [0, 0.05) is 24.3 Å². The van der Waals surface area contributed by atoms with Crippen molar-refractivity contribution in [3.05, 3.63) is 101 Å². The first-order chi connectivity index (χ1) is 26.6. The van der Waals surface area contributed by atoms with Crippen LogP contribution in [-0.2, 0) is 30.2 Å². The van der Waals surface area contributed by atoms with Crippen LogP contribution in [0, 0.1) is 61.2 Å². The Morgan fingerprint density at radius 3 is 1.75 bits per heavy atom. The van der Waals surface area contributed by atoms with Gasteiger partial charge in [-0.15, -0.1) is 0 Å². The minimum Gasteiger partial charge on any atom is -0.506 e. The number of aromatic hydroxyl groups is 1. The van der Waals surface area contributed by atoms with E-state index < -0.39 is 52.6 Å². The lowest BCUT2D eigenvalue weighted by Gasteiger charge is -2.30. The summed E-state index contributed by atoms with van der Waals surface area (Å²) in [6, 6.07) is 0. The average molecular weight is 856 g/mol. The van der Waals surface area contributed by atoms with Gasteiger partial charge in [-0.05, 0) is 135 Å². The largest absolute Gasteiger partial charge is 0.506 e. The molecular formula is C42H44BrFO13. The third-order valence-corrected chi connectivity index (χ3v) is 11.2. The molecule has 0 bridgehead atoms. The van der Waals surface area contributed by atoms with E-state index in [1.54, 1.807) is 41.5 Å². The monoisotopic (exact) mass is 854 g/mol. The van der Waals surface area contributed by atoms with Crippen molar-refractivity contribution in [2.24, 2.45) is 0 Å². The van der Waals surface area contributed by atoms with Crippen LogP contribution in [0.2, 0.25) is 0 Å². The van der Waals surface area contributed by atoms with Gasteiger partial charge in [0.2, 0.25) is 5.60 Å². The van der Waals surface area contributed by atoms with Crippen LogP contribution >= 0.6 is 15.9 Å². The quantitative estimate of drug-likeness (QED) is 0.112. The van der Waals surface area contributed by atoms with Gasteiger partial charge in [-0.2, -0.15) is 0 Å². The smallest absolute Gasteiger partial charge is 0.356 e. The van der Waals surface area contributed by atoms with Crippen LogP contribution in [0.4, 0.5) is 4.39 Å². The predicted octanol–water partition coefficient (Wildman–Crippen LogP) is 7.22. The number of esters is 4. The summed E-state index contributed by atoms with van der Waals surface area (Å²) in [4.78, 5) is 65.9. The molecule has 0 saturated carbocycles. The molecule has 3 aromatic rings. The highest BCUT2D eigenvalue weighted by atomic mass is 79.9. The summed E-state index contributed by atoms with van der Waals surface area (Å²) < 4.78 is 48.3. The Balaban J connectivity index is 1.71. The highest BCUT2D eigenvalue weighted by molar-refractivity contribution is 9.10. The van der Waals surface area contributed by atoms with Gasteiger partial charge < -0.3 is 38.6 Å². The van der Waals surface area contributed by atoms with E-state index in [2.05, 4.69) is 15.9 Å². The van der Waals surface area contributed by atoms with Gasteiger partial charge in [0.05, 0.1) is 18.2 Å². The number of carbonyl (C=O) groups excluding carboxylic acids is 5. The number of halogens is 2. The minimum absolute atomic E-state index is 0.0721. The first-order valence-corrected chi connectivity index (χ1v) is 18.4. The fraction of sp³-hybridized carbons (Fsp3) is 0.357. The molecule has 0 aliphatic heterocycles. The van der Waals surface area contributed by atoms with Crippen molar-refractivity contribution in [2.75, 3.05) is 21.0 Å². The summed E-state index contributed by atoms with van der Waals surface area (Å²) in [6.45, 7) is 15.3. The van der Waals surface area contributed by atoms with Crippen LogP contribution < -0.4 is 14.2 Å². The first kappa shape index (κ1) is 44.3. The summed E-state index contributed by atoms with van der Waals surface area (Å²) in [7, 11) is 2.55. The lowest BCUT2D eigenvalue weighted by atomic mass is 9.87. The zero-order valence-corrected chi connectivity index (χ0v) is 35.3. The predicted molar refractivity (Wildman–Crippen MR) is 208 cm³/mol. The molecule has 0 aromatic heterocycles. The number of rotatable bonds is 11. The number of aliphatic hydroxyl groups is 1. The van der Waals surface area contributed by atoms with Crippen LogP contribution in [0.25, 0.3) is 0 Å². The Kier molecular flexibility index (Phi) is 13.2. The molecule has 1 aliphatic carbocycles. The van der Waals surface area contributed by atoms with Gasteiger partial charge in [-0.3, -0.25) is 4.79 Å². The SMILES string of the molecule is CCc1c(C)c(C(=O)Oc2c(C)c(C)c(C(=O)OCOC)c(C)c2C)c(C)c(F)c1OC(=O)c1c(C)c(C)c(OC(=O)[C@@]2(O)C(C)=CC(=O)C=C2OC)c(Br)c1O. The van der Waals surface area contributed by atoms with Crippen molar-refractivity contribution in [3.8, 4) is 23.0 Å². The van der Waals surface area contributed by atoms with Crippen LogP contribution in [0.1, 0.15) is 95.0 Å². The zero-order chi connectivity index (χ0) is 43.0. The number of hydrogen-bond acceptors (Lipinski definition) is 13. The molecule has 0 heterocycles. The van der Waals surface area contributed by atoms with Crippen LogP contribution in [0.3, 0.4) is 0 Å². The van der Waals surface area contributed by atoms with Crippen molar-refractivity contribution in [2.45, 2.75) is 81.3 Å². The van der Waals surface area contributed by atoms with E-state index in [0.29, 0.717) is 27.8 Å². The summed E-state index contributed by atoms with van der Waals surface area (Å²) in [5.74, 6) is -7.06. The van der Waals surface area contributed by atoms with E-state index in [0.717, 1.165) is 12.2 Å². The molecule has 1 atom stereocenters. The van der Waals surface area contributed by atoms with Crippen LogP contribution in [0.5, 0.6) is 23.0 Å². The maximum Gasteiger partial charge on any atom is 0.356 e. The van der Waals surface area contributed by atoms with E-state index >= 15 is 4.39 Å². The van der Waals surface area contributed by atoms with Gasteiger partial charge in [-0.1, -0.05) is 6.92 Å². The Morgan fingerprint density at radius 2 is 1.21 bits per heavy atom. The zero-order valence-electron chi connectivity index (χ0n) is 33.7. The molecule has 0 radical (unpaired) electrons. The lowest BCUT2D eigenvalue weighted by molar-refractivity contribution is -0.151. The lowest BCUT2D eigenvalue weighted by Crippen LogP contribution is -2.47. The number of methoxy groups -OCH3 is 2. The Labute approximate surface area is 337 Å². The van der Waals surface area contributed by atoms with E-state index in [1.807, 2.05) is 0 Å². The molecule has 3 aromatic carbocycles. The molecule has 304 valence electrons. The number of ketones is 1. The van der Waals surface area contributed by atoms with Crippen LogP contribution in [-0.4, -0.2) is 66.5 Å².